The van der Waals surface area contributed by atoms with Gasteiger partial charge in [0.1, 0.15) is 0 Å². The summed E-state index contributed by atoms with van der Waals surface area (Å²) in [4.78, 5) is 16.6. The van der Waals surface area contributed by atoms with Crippen molar-refractivity contribution < 1.29 is 9.53 Å². The third-order valence-electron chi connectivity index (χ3n) is 6.26. The molecule has 4 rings (SSSR count). The third kappa shape index (κ3) is 5.14. The Bertz CT molecular complexity index is 1290. The largest absolute Gasteiger partial charge is 0.449 e. The number of anilines is 2. The van der Waals surface area contributed by atoms with Crippen molar-refractivity contribution in [2.75, 3.05) is 11.9 Å². The van der Waals surface area contributed by atoms with E-state index in [4.69, 9.17) is 9.72 Å². The zero-order valence-corrected chi connectivity index (χ0v) is 20.9. The van der Waals surface area contributed by atoms with Crippen molar-refractivity contribution in [2.24, 2.45) is 0 Å². The van der Waals surface area contributed by atoms with Gasteiger partial charge in [0.05, 0.1) is 23.3 Å². The van der Waals surface area contributed by atoms with E-state index >= 15 is 0 Å². The van der Waals surface area contributed by atoms with Gasteiger partial charge in [-0.3, -0.25) is 0 Å². The number of pyridine rings is 1. The first-order valence-corrected chi connectivity index (χ1v) is 11.8. The molecule has 0 aliphatic heterocycles. The van der Waals surface area contributed by atoms with Crippen molar-refractivity contribution >= 4 is 39.3 Å². The summed E-state index contributed by atoms with van der Waals surface area (Å²) in [6.07, 6.45) is 0.296. The predicted octanol–water partition coefficient (Wildman–Crippen LogP) is 7.04. The van der Waals surface area contributed by atoms with E-state index in [-0.39, 0.29) is 12.1 Å². The Kier molecular flexibility index (Phi) is 6.73. The SMILES string of the molecule is Cc1cc2nc3cc(C)c(C)cc3c(Nc3ccc(CCOC(=O)NC(C)C)cc3)c2cc1C. The minimum absolute atomic E-state index is 0.0682. The average molecular weight is 456 g/mol. The van der Waals surface area contributed by atoms with Crippen LogP contribution in [0.4, 0.5) is 16.2 Å². The van der Waals surface area contributed by atoms with Gasteiger partial charge in [0, 0.05) is 28.9 Å². The summed E-state index contributed by atoms with van der Waals surface area (Å²) in [5.41, 5.74) is 10.2. The maximum atomic E-state index is 11.7. The molecule has 4 aromatic rings. The van der Waals surface area contributed by atoms with E-state index in [0.717, 1.165) is 38.7 Å². The Hall–Kier alpha value is -3.60. The quantitative estimate of drug-likeness (QED) is 0.306. The van der Waals surface area contributed by atoms with Crippen LogP contribution in [0.5, 0.6) is 0 Å². The number of fused-ring (bicyclic) bond motifs is 2. The number of alkyl carbamates (subject to hydrolysis) is 1. The smallest absolute Gasteiger partial charge is 0.407 e. The zero-order valence-electron chi connectivity index (χ0n) is 20.9. The molecule has 0 unspecified atom stereocenters. The molecule has 0 aliphatic carbocycles. The van der Waals surface area contributed by atoms with E-state index in [1.807, 2.05) is 13.8 Å². The lowest BCUT2D eigenvalue weighted by molar-refractivity contribution is 0.145. The first-order chi connectivity index (χ1) is 16.2. The highest BCUT2D eigenvalue weighted by molar-refractivity contribution is 6.09. The first-order valence-electron chi connectivity index (χ1n) is 11.8. The molecule has 0 fully saturated rings. The normalized spacial score (nSPS) is 11.3. The summed E-state index contributed by atoms with van der Waals surface area (Å²) in [6.45, 7) is 12.7. The van der Waals surface area contributed by atoms with Crippen LogP contribution >= 0.6 is 0 Å². The van der Waals surface area contributed by atoms with Crippen molar-refractivity contribution in [3.05, 3.63) is 76.3 Å². The molecule has 0 saturated carbocycles. The number of hydrogen-bond donors (Lipinski definition) is 2. The molecule has 176 valence electrons. The number of nitrogens with zero attached hydrogens (tertiary/aromatic N) is 1. The van der Waals surface area contributed by atoms with Gasteiger partial charge in [-0.1, -0.05) is 12.1 Å². The number of carbonyl (C=O) groups is 1. The van der Waals surface area contributed by atoms with Crippen LogP contribution in [0.25, 0.3) is 21.8 Å². The minimum Gasteiger partial charge on any atom is -0.449 e. The van der Waals surface area contributed by atoms with Gasteiger partial charge in [0.15, 0.2) is 0 Å². The summed E-state index contributed by atoms with van der Waals surface area (Å²) >= 11 is 0. The van der Waals surface area contributed by atoms with Crippen molar-refractivity contribution in [2.45, 2.75) is 54.0 Å². The van der Waals surface area contributed by atoms with Gasteiger partial charge in [-0.05, 0) is 106 Å². The van der Waals surface area contributed by atoms with E-state index in [0.29, 0.717) is 13.0 Å². The molecule has 5 nitrogen and oxygen atoms in total. The highest BCUT2D eigenvalue weighted by Crippen LogP contribution is 2.35. The third-order valence-corrected chi connectivity index (χ3v) is 6.26. The molecule has 2 N–H and O–H groups in total. The average Bonchev–Trinajstić information content (AvgIpc) is 2.77. The topological polar surface area (TPSA) is 63.3 Å². The standard InChI is InChI=1S/C29H33N3O2/c1-17(2)30-29(33)34-12-11-22-7-9-23(10-8-22)31-28-24-13-18(3)20(5)15-26(24)32-27-16-21(6)19(4)14-25(27)28/h7-10,13-17H,11-12H2,1-6H3,(H,30,33)(H,31,32). The van der Waals surface area contributed by atoms with Gasteiger partial charge < -0.3 is 15.4 Å². The van der Waals surface area contributed by atoms with Gasteiger partial charge in [-0.2, -0.15) is 0 Å². The predicted molar refractivity (Wildman–Crippen MR) is 141 cm³/mol. The minimum atomic E-state index is -0.374. The van der Waals surface area contributed by atoms with Gasteiger partial charge in [-0.15, -0.1) is 0 Å². The van der Waals surface area contributed by atoms with Crippen LogP contribution in [0.2, 0.25) is 0 Å². The summed E-state index contributed by atoms with van der Waals surface area (Å²) < 4.78 is 5.25. The highest BCUT2D eigenvalue weighted by atomic mass is 16.5. The number of benzene rings is 3. The second-order valence-corrected chi connectivity index (χ2v) is 9.40. The fourth-order valence-corrected chi connectivity index (χ4v) is 4.03. The molecule has 0 saturated heterocycles. The number of carbonyl (C=O) groups excluding carboxylic acids is 1. The van der Waals surface area contributed by atoms with Crippen LogP contribution in [-0.4, -0.2) is 23.7 Å². The molecule has 5 heteroatoms. The fraction of sp³-hybridized carbons (Fsp3) is 0.310. The molecule has 0 radical (unpaired) electrons. The summed E-state index contributed by atoms with van der Waals surface area (Å²) in [6, 6.07) is 17.1. The number of ether oxygens (including phenoxy) is 1. The summed E-state index contributed by atoms with van der Waals surface area (Å²) in [5, 5.41) is 8.64. The Morgan fingerprint density at radius 2 is 1.38 bits per heavy atom. The number of aryl methyl sites for hydroxylation is 4. The summed E-state index contributed by atoms with van der Waals surface area (Å²) in [7, 11) is 0. The van der Waals surface area contributed by atoms with Gasteiger partial charge >= 0.3 is 6.09 Å². The van der Waals surface area contributed by atoms with Gasteiger partial charge in [0.2, 0.25) is 0 Å². The van der Waals surface area contributed by atoms with Crippen LogP contribution < -0.4 is 10.6 Å². The van der Waals surface area contributed by atoms with E-state index in [9.17, 15) is 4.79 Å². The maximum absolute atomic E-state index is 11.7. The molecule has 1 heterocycles. The van der Waals surface area contributed by atoms with E-state index in [1.54, 1.807) is 0 Å². The number of nitrogens with one attached hydrogen (secondary N) is 2. The molecular weight excluding hydrogens is 422 g/mol. The molecule has 0 atom stereocenters. The van der Waals surface area contributed by atoms with Gasteiger partial charge in [0.25, 0.3) is 0 Å². The fourth-order valence-electron chi connectivity index (χ4n) is 4.03. The van der Waals surface area contributed by atoms with Crippen LogP contribution in [0.15, 0.2) is 48.5 Å². The van der Waals surface area contributed by atoms with Crippen molar-refractivity contribution in [1.29, 1.82) is 0 Å². The molecule has 34 heavy (non-hydrogen) atoms. The lowest BCUT2D eigenvalue weighted by Gasteiger charge is -2.16. The Balaban J connectivity index is 1.62. The van der Waals surface area contributed by atoms with E-state index < -0.39 is 0 Å². The molecule has 0 aliphatic rings. The van der Waals surface area contributed by atoms with Crippen molar-refractivity contribution in [3.63, 3.8) is 0 Å². The molecule has 1 aromatic heterocycles. The van der Waals surface area contributed by atoms with E-state index in [1.165, 1.54) is 22.3 Å². The number of amides is 1. The van der Waals surface area contributed by atoms with E-state index in [2.05, 4.69) is 86.9 Å². The molecule has 0 bridgehead atoms. The monoisotopic (exact) mass is 455 g/mol. The second-order valence-electron chi connectivity index (χ2n) is 9.40. The van der Waals surface area contributed by atoms with Crippen molar-refractivity contribution in [1.82, 2.24) is 10.3 Å². The molecule has 3 aromatic carbocycles. The van der Waals surface area contributed by atoms with Crippen LogP contribution in [-0.2, 0) is 11.2 Å². The first kappa shape index (κ1) is 23.6. The number of aromatic nitrogens is 1. The Labute approximate surface area is 201 Å². The Morgan fingerprint density at radius 3 is 1.91 bits per heavy atom. The Morgan fingerprint density at radius 1 is 0.853 bits per heavy atom. The molecule has 0 spiro atoms. The van der Waals surface area contributed by atoms with Gasteiger partial charge in [-0.25, -0.2) is 9.78 Å². The number of rotatable bonds is 6. The lowest BCUT2D eigenvalue weighted by Crippen LogP contribution is -2.31. The van der Waals surface area contributed by atoms with Crippen LogP contribution in [0.1, 0.15) is 41.7 Å². The van der Waals surface area contributed by atoms with Crippen LogP contribution in [0.3, 0.4) is 0 Å². The van der Waals surface area contributed by atoms with Crippen LogP contribution in [0, 0.1) is 27.7 Å². The molecule has 1 amide bonds. The zero-order chi connectivity index (χ0) is 24.4. The number of hydrogen-bond acceptors (Lipinski definition) is 4. The summed E-state index contributed by atoms with van der Waals surface area (Å²) in [5.74, 6) is 0. The lowest BCUT2D eigenvalue weighted by atomic mass is 9.99. The maximum Gasteiger partial charge on any atom is 0.407 e. The highest BCUT2D eigenvalue weighted by Gasteiger charge is 2.13. The second kappa shape index (κ2) is 9.72. The molecular formula is C29H33N3O2. The van der Waals surface area contributed by atoms with Crippen molar-refractivity contribution in [3.8, 4) is 0 Å².